The van der Waals surface area contributed by atoms with Crippen molar-refractivity contribution >= 4 is 5.91 Å². The van der Waals surface area contributed by atoms with Gasteiger partial charge in [0, 0.05) is 18.7 Å². The molecule has 1 amide bonds. The molecule has 2 nitrogen and oxygen atoms in total. The van der Waals surface area contributed by atoms with E-state index in [4.69, 9.17) is 0 Å². The minimum absolute atomic E-state index is 0.213. The second-order valence-electron chi connectivity index (χ2n) is 4.50. The molecule has 0 atom stereocenters. The Bertz CT molecular complexity index is 392. The highest BCUT2D eigenvalue weighted by Gasteiger charge is 2.20. The summed E-state index contributed by atoms with van der Waals surface area (Å²) in [6.45, 7) is 5.99. The summed E-state index contributed by atoms with van der Waals surface area (Å²) >= 11 is 0. The van der Waals surface area contributed by atoms with E-state index in [1.54, 1.807) is 0 Å². The number of nitrogens with zero attached hydrogens (tertiary/aromatic N) is 1. The number of carbonyl (C=O) groups excluding carboxylic acids is 1. The topological polar surface area (TPSA) is 20.3 Å². The minimum Gasteiger partial charge on any atom is -0.339 e. The number of rotatable bonds is 2. The summed E-state index contributed by atoms with van der Waals surface area (Å²) in [6.07, 6.45) is 3.29. The van der Waals surface area contributed by atoms with Gasteiger partial charge in [-0.05, 0) is 43.4 Å². The van der Waals surface area contributed by atoms with Crippen LogP contribution in [0, 0.1) is 6.92 Å². The standard InChI is InChI=1S/C14H19NO/c1-3-12-7-6-11(2)13(10-12)14(16)15-8-4-5-9-15/h6-7,10H,3-5,8-9H2,1-2H3. The van der Waals surface area contributed by atoms with E-state index < -0.39 is 0 Å². The first-order valence-electron chi connectivity index (χ1n) is 6.11. The van der Waals surface area contributed by atoms with Crippen molar-refractivity contribution in [3.05, 3.63) is 34.9 Å². The van der Waals surface area contributed by atoms with Gasteiger partial charge in [0.15, 0.2) is 0 Å². The summed E-state index contributed by atoms with van der Waals surface area (Å²) in [5.74, 6) is 0.213. The first kappa shape index (κ1) is 11.2. The highest BCUT2D eigenvalue weighted by atomic mass is 16.2. The predicted octanol–water partition coefficient (Wildman–Crippen LogP) is 2.79. The van der Waals surface area contributed by atoms with Crippen LogP contribution in [0.3, 0.4) is 0 Å². The van der Waals surface area contributed by atoms with Gasteiger partial charge in [0.1, 0.15) is 0 Å². The van der Waals surface area contributed by atoms with Crippen molar-refractivity contribution in [2.45, 2.75) is 33.1 Å². The fourth-order valence-electron chi connectivity index (χ4n) is 2.21. The van der Waals surface area contributed by atoms with Gasteiger partial charge in [0.2, 0.25) is 0 Å². The third-order valence-corrected chi connectivity index (χ3v) is 3.33. The number of likely N-dealkylation sites (tertiary alicyclic amines) is 1. The quantitative estimate of drug-likeness (QED) is 0.746. The molecular formula is C14H19NO. The first-order chi connectivity index (χ1) is 7.72. The molecule has 0 aliphatic carbocycles. The summed E-state index contributed by atoms with van der Waals surface area (Å²) < 4.78 is 0. The molecule has 1 aliphatic heterocycles. The Labute approximate surface area is 97.3 Å². The third-order valence-electron chi connectivity index (χ3n) is 3.33. The van der Waals surface area contributed by atoms with Crippen LogP contribution in [0.25, 0.3) is 0 Å². The van der Waals surface area contributed by atoms with Crippen LogP contribution in [0.1, 0.15) is 41.3 Å². The van der Waals surface area contributed by atoms with Crippen LogP contribution in [0.15, 0.2) is 18.2 Å². The van der Waals surface area contributed by atoms with Crippen molar-refractivity contribution in [2.24, 2.45) is 0 Å². The van der Waals surface area contributed by atoms with Gasteiger partial charge in [-0.2, -0.15) is 0 Å². The smallest absolute Gasteiger partial charge is 0.254 e. The van der Waals surface area contributed by atoms with Crippen molar-refractivity contribution in [3.8, 4) is 0 Å². The van der Waals surface area contributed by atoms with E-state index in [1.165, 1.54) is 5.56 Å². The Morgan fingerprint density at radius 1 is 1.31 bits per heavy atom. The maximum Gasteiger partial charge on any atom is 0.254 e. The van der Waals surface area contributed by atoms with E-state index in [-0.39, 0.29) is 5.91 Å². The van der Waals surface area contributed by atoms with Gasteiger partial charge in [-0.15, -0.1) is 0 Å². The molecule has 86 valence electrons. The van der Waals surface area contributed by atoms with Crippen molar-refractivity contribution in [3.63, 3.8) is 0 Å². The van der Waals surface area contributed by atoms with Crippen molar-refractivity contribution in [2.75, 3.05) is 13.1 Å². The summed E-state index contributed by atoms with van der Waals surface area (Å²) in [5, 5.41) is 0. The molecule has 0 radical (unpaired) electrons. The van der Waals surface area contributed by atoms with Crippen LogP contribution in [0.5, 0.6) is 0 Å². The molecular weight excluding hydrogens is 198 g/mol. The molecule has 0 unspecified atom stereocenters. The zero-order valence-corrected chi connectivity index (χ0v) is 10.1. The lowest BCUT2D eigenvalue weighted by Gasteiger charge is -2.17. The monoisotopic (exact) mass is 217 g/mol. The van der Waals surface area contributed by atoms with Gasteiger partial charge in [0.05, 0.1) is 0 Å². The number of hydrogen-bond acceptors (Lipinski definition) is 1. The highest BCUT2D eigenvalue weighted by molar-refractivity contribution is 5.96. The normalized spacial score (nSPS) is 15.5. The Balaban J connectivity index is 2.27. The molecule has 1 aliphatic rings. The van der Waals surface area contributed by atoms with Gasteiger partial charge < -0.3 is 4.90 Å². The molecule has 1 heterocycles. The molecule has 0 spiro atoms. The Hall–Kier alpha value is -1.31. The van der Waals surface area contributed by atoms with Gasteiger partial charge in [0.25, 0.3) is 5.91 Å². The van der Waals surface area contributed by atoms with Crippen LogP contribution in [-0.2, 0) is 6.42 Å². The molecule has 1 aromatic rings. The average molecular weight is 217 g/mol. The molecule has 1 saturated heterocycles. The molecule has 1 aromatic carbocycles. The Kier molecular flexibility index (Phi) is 3.28. The maximum absolute atomic E-state index is 12.3. The fourth-order valence-corrected chi connectivity index (χ4v) is 2.21. The molecule has 2 heteroatoms. The van der Waals surface area contributed by atoms with Crippen LogP contribution < -0.4 is 0 Å². The Morgan fingerprint density at radius 3 is 2.62 bits per heavy atom. The minimum atomic E-state index is 0.213. The van der Waals surface area contributed by atoms with Crippen molar-refractivity contribution in [1.82, 2.24) is 4.90 Å². The average Bonchev–Trinajstić information content (AvgIpc) is 2.82. The predicted molar refractivity (Wildman–Crippen MR) is 65.7 cm³/mol. The highest BCUT2D eigenvalue weighted by Crippen LogP contribution is 2.17. The molecule has 1 fully saturated rings. The molecule has 16 heavy (non-hydrogen) atoms. The molecule has 0 N–H and O–H groups in total. The van der Waals surface area contributed by atoms with Crippen LogP contribution in [-0.4, -0.2) is 23.9 Å². The van der Waals surface area contributed by atoms with E-state index in [0.717, 1.165) is 43.5 Å². The zero-order valence-electron chi connectivity index (χ0n) is 10.1. The molecule has 2 rings (SSSR count). The van der Waals surface area contributed by atoms with E-state index in [2.05, 4.69) is 25.1 Å². The number of amides is 1. The fraction of sp³-hybridized carbons (Fsp3) is 0.500. The van der Waals surface area contributed by atoms with Crippen LogP contribution >= 0.6 is 0 Å². The second-order valence-corrected chi connectivity index (χ2v) is 4.50. The van der Waals surface area contributed by atoms with Crippen LogP contribution in [0.4, 0.5) is 0 Å². The van der Waals surface area contributed by atoms with Crippen molar-refractivity contribution < 1.29 is 4.79 Å². The van der Waals surface area contributed by atoms with Crippen molar-refractivity contribution in [1.29, 1.82) is 0 Å². The number of carbonyl (C=O) groups is 1. The molecule has 0 aromatic heterocycles. The van der Waals surface area contributed by atoms with E-state index in [0.29, 0.717) is 0 Å². The molecule has 0 saturated carbocycles. The summed E-state index contributed by atoms with van der Waals surface area (Å²) in [5.41, 5.74) is 3.23. The third kappa shape index (κ3) is 2.11. The lowest BCUT2D eigenvalue weighted by atomic mass is 10.0. The summed E-state index contributed by atoms with van der Waals surface area (Å²) in [6, 6.07) is 6.22. The van der Waals surface area contributed by atoms with Gasteiger partial charge in [-0.1, -0.05) is 19.1 Å². The molecule has 0 bridgehead atoms. The SMILES string of the molecule is CCc1ccc(C)c(C(=O)N2CCCC2)c1. The lowest BCUT2D eigenvalue weighted by Crippen LogP contribution is -2.28. The Morgan fingerprint density at radius 2 is 2.00 bits per heavy atom. The number of benzene rings is 1. The lowest BCUT2D eigenvalue weighted by molar-refractivity contribution is 0.0792. The largest absolute Gasteiger partial charge is 0.339 e. The van der Waals surface area contributed by atoms with Gasteiger partial charge in [-0.3, -0.25) is 4.79 Å². The number of aryl methyl sites for hydroxylation is 2. The van der Waals surface area contributed by atoms with Crippen LogP contribution in [0.2, 0.25) is 0 Å². The van der Waals surface area contributed by atoms with E-state index in [1.807, 2.05) is 11.8 Å². The van der Waals surface area contributed by atoms with Gasteiger partial charge >= 0.3 is 0 Å². The summed E-state index contributed by atoms with van der Waals surface area (Å²) in [7, 11) is 0. The van der Waals surface area contributed by atoms with E-state index >= 15 is 0 Å². The van der Waals surface area contributed by atoms with E-state index in [9.17, 15) is 4.79 Å². The second kappa shape index (κ2) is 4.69. The first-order valence-corrected chi connectivity index (χ1v) is 6.11. The zero-order chi connectivity index (χ0) is 11.5. The summed E-state index contributed by atoms with van der Waals surface area (Å²) in [4.78, 5) is 14.2. The number of hydrogen-bond donors (Lipinski definition) is 0. The van der Waals surface area contributed by atoms with Gasteiger partial charge in [-0.25, -0.2) is 0 Å². The maximum atomic E-state index is 12.3.